The Bertz CT molecular complexity index is 441. The summed E-state index contributed by atoms with van der Waals surface area (Å²) in [7, 11) is 3.30. The number of aryl methyl sites for hydroxylation is 1. The number of carbonyl (C=O) groups excluding carboxylic acids is 1. The summed E-state index contributed by atoms with van der Waals surface area (Å²) in [5.74, 6) is 0. The van der Waals surface area contributed by atoms with Gasteiger partial charge >= 0.3 is 6.03 Å². The van der Waals surface area contributed by atoms with Crippen LogP contribution in [-0.2, 0) is 0 Å². The van der Waals surface area contributed by atoms with Crippen molar-refractivity contribution in [2.75, 3.05) is 19.0 Å². The fourth-order valence-corrected chi connectivity index (χ4v) is 1.46. The molecule has 2 rings (SSSR count). The molecule has 1 aliphatic heterocycles. The van der Waals surface area contributed by atoms with Gasteiger partial charge in [-0.05, 0) is 24.6 Å². The molecule has 15 heavy (non-hydrogen) atoms. The van der Waals surface area contributed by atoms with E-state index in [1.165, 1.54) is 5.01 Å². The molecule has 0 aliphatic carbocycles. The van der Waals surface area contributed by atoms with Crippen molar-refractivity contribution in [3.05, 3.63) is 23.8 Å². The van der Waals surface area contributed by atoms with Gasteiger partial charge in [0.05, 0.1) is 5.69 Å². The number of fused-ring (bicyclic) bond motifs is 1. The minimum absolute atomic E-state index is 0.192. The summed E-state index contributed by atoms with van der Waals surface area (Å²) in [5, 5.41) is 9.01. The maximum Gasteiger partial charge on any atom is 0.345 e. The molecule has 1 aliphatic rings. The predicted octanol–water partition coefficient (Wildman–Crippen LogP) is 2.50. The molecule has 0 aromatic heterocycles. The second-order valence-electron chi connectivity index (χ2n) is 3.55. The molecule has 0 N–H and O–H groups in total. The number of urea groups is 1. The molecule has 1 aromatic rings. The molecule has 0 spiro atoms. The van der Waals surface area contributed by atoms with E-state index in [2.05, 4.69) is 10.3 Å². The first-order chi connectivity index (χ1) is 7.09. The fraction of sp³-hybridized carbons (Fsp3) is 0.300. The van der Waals surface area contributed by atoms with E-state index in [-0.39, 0.29) is 6.03 Å². The molecule has 0 unspecified atom stereocenters. The van der Waals surface area contributed by atoms with Gasteiger partial charge in [0.25, 0.3) is 0 Å². The number of hydrogen-bond acceptors (Lipinski definition) is 3. The Labute approximate surface area is 88.0 Å². The Hall–Kier alpha value is -1.91. The van der Waals surface area contributed by atoms with Gasteiger partial charge in [-0.15, -0.1) is 5.11 Å². The molecule has 1 aromatic carbocycles. The molecular formula is C10H12N4O. The minimum Gasteiger partial charge on any atom is -0.294 e. The molecule has 0 bridgehead atoms. The summed E-state index contributed by atoms with van der Waals surface area (Å²) in [6, 6.07) is 5.53. The lowest BCUT2D eigenvalue weighted by Gasteiger charge is -2.18. The quantitative estimate of drug-likeness (QED) is 0.640. The lowest BCUT2D eigenvalue weighted by Crippen LogP contribution is -2.34. The van der Waals surface area contributed by atoms with Gasteiger partial charge in [0.1, 0.15) is 5.69 Å². The average molecular weight is 204 g/mol. The molecule has 5 nitrogen and oxygen atoms in total. The molecule has 2 amide bonds. The fourth-order valence-electron chi connectivity index (χ4n) is 1.46. The van der Waals surface area contributed by atoms with Gasteiger partial charge in [0.15, 0.2) is 0 Å². The highest BCUT2D eigenvalue weighted by Crippen LogP contribution is 2.31. The Kier molecular flexibility index (Phi) is 2.15. The lowest BCUT2D eigenvalue weighted by molar-refractivity contribution is 0.216. The molecule has 0 saturated heterocycles. The van der Waals surface area contributed by atoms with Crippen LogP contribution in [0.3, 0.4) is 0 Å². The van der Waals surface area contributed by atoms with E-state index in [0.717, 1.165) is 11.3 Å². The third-order valence-corrected chi connectivity index (χ3v) is 2.34. The Morgan fingerprint density at radius 2 is 2.00 bits per heavy atom. The van der Waals surface area contributed by atoms with Crippen molar-refractivity contribution in [2.24, 2.45) is 10.3 Å². The normalized spacial score (nSPS) is 15.3. The average Bonchev–Trinajstić information content (AvgIpc) is 2.32. The van der Waals surface area contributed by atoms with E-state index < -0.39 is 0 Å². The molecule has 5 heteroatoms. The van der Waals surface area contributed by atoms with Crippen LogP contribution in [0.2, 0.25) is 0 Å². The molecule has 78 valence electrons. The molecule has 1 heterocycles. The van der Waals surface area contributed by atoms with Crippen LogP contribution < -0.4 is 4.90 Å². The van der Waals surface area contributed by atoms with Crippen molar-refractivity contribution in [2.45, 2.75) is 6.92 Å². The zero-order valence-corrected chi connectivity index (χ0v) is 8.93. The summed E-state index contributed by atoms with van der Waals surface area (Å²) in [6.07, 6.45) is 0. The highest BCUT2D eigenvalue weighted by molar-refractivity contribution is 5.94. The maximum atomic E-state index is 11.7. The zero-order chi connectivity index (χ0) is 11.0. The van der Waals surface area contributed by atoms with Crippen molar-refractivity contribution >= 4 is 17.4 Å². The largest absolute Gasteiger partial charge is 0.345 e. The van der Waals surface area contributed by atoms with Crippen LogP contribution in [0.15, 0.2) is 28.5 Å². The minimum atomic E-state index is -0.192. The van der Waals surface area contributed by atoms with Gasteiger partial charge in [0, 0.05) is 14.1 Å². The van der Waals surface area contributed by atoms with Crippen LogP contribution >= 0.6 is 0 Å². The van der Waals surface area contributed by atoms with Crippen molar-refractivity contribution < 1.29 is 4.79 Å². The maximum absolute atomic E-state index is 11.7. The van der Waals surface area contributed by atoms with Crippen molar-refractivity contribution in [3.63, 3.8) is 0 Å². The lowest BCUT2D eigenvalue weighted by atomic mass is 10.2. The van der Waals surface area contributed by atoms with Crippen LogP contribution in [-0.4, -0.2) is 25.1 Å². The van der Waals surface area contributed by atoms with Gasteiger partial charge in [0.2, 0.25) is 0 Å². The van der Waals surface area contributed by atoms with Crippen LogP contribution in [0.5, 0.6) is 0 Å². The smallest absolute Gasteiger partial charge is 0.294 e. The molecule has 0 saturated carbocycles. The second kappa shape index (κ2) is 3.34. The number of rotatable bonds is 0. The Balaban J connectivity index is 2.57. The summed E-state index contributed by atoms with van der Waals surface area (Å²) in [5.41, 5.74) is 2.59. The third kappa shape index (κ3) is 1.56. The van der Waals surface area contributed by atoms with Gasteiger partial charge in [-0.1, -0.05) is 11.3 Å². The van der Waals surface area contributed by atoms with E-state index >= 15 is 0 Å². The zero-order valence-electron chi connectivity index (χ0n) is 8.93. The van der Waals surface area contributed by atoms with Gasteiger partial charge < -0.3 is 0 Å². The summed E-state index contributed by atoms with van der Waals surface area (Å²) < 4.78 is 0. The summed E-state index contributed by atoms with van der Waals surface area (Å²) >= 11 is 0. The van der Waals surface area contributed by atoms with Crippen LogP contribution in [0.25, 0.3) is 0 Å². The van der Waals surface area contributed by atoms with Crippen LogP contribution in [0, 0.1) is 6.92 Å². The first-order valence-corrected chi connectivity index (χ1v) is 4.63. The summed E-state index contributed by atoms with van der Waals surface area (Å²) in [4.78, 5) is 13.3. The van der Waals surface area contributed by atoms with Crippen molar-refractivity contribution in [1.29, 1.82) is 0 Å². The molecular weight excluding hydrogens is 192 g/mol. The SMILES string of the molecule is Cc1ccc2c(c1)N(C)C(=O)N(C)N=N2. The van der Waals surface area contributed by atoms with E-state index in [9.17, 15) is 4.79 Å². The Morgan fingerprint density at radius 1 is 1.27 bits per heavy atom. The number of hydrogen-bond donors (Lipinski definition) is 0. The topological polar surface area (TPSA) is 48.3 Å². The number of amides is 2. The van der Waals surface area contributed by atoms with Gasteiger partial charge in [-0.25, -0.2) is 4.79 Å². The predicted molar refractivity (Wildman–Crippen MR) is 57.3 cm³/mol. The van der Waals surface area contributed by atoms with E-state index in [4.69, 9.17) is 0 Å². The first kappa shape index (κ1) is 9.64. The number of anilines is 1. The monoisotopic (exact) mass is 204 g/mol. The molecule has 0 fully saturated rings. The van der Waals surface area contributed by atoms with Gasteiger partial charge in [-0.3, -0.25) is 4.90 Å². The number of benzene rings is 1. The molecule has 0 radical (unpaired) electrons. The summed E-state index contributed by atoms with van der Waals surface area (Å²) in [6.45, 7) is 1.98. The van der Waals surface area contributed by atoms with Crippen LogP contribution in [0.1, 0.15) is 5.56 Å². The number of nitrogens with zero attached hydrogens (tertiary/aromatic N) is 4. The van der Waals surface area contributed by atoms with E-state index in [1.807, 2.05) is 25.1 Å². The standard InChI is InChI=1S/C10H12N4O/c1-7-4-5-8-9(6-7)13(2)10(15)14(3)12-11-8/h4-6H,1-3H3. The Morgan fingerprint density at radius 3 is 2.73 bits per heavy atom. The van der Waals surface area contributed by atoms with Gasteiger partial charge in [-0.2, -0.15) is 5.01 Å². The van der Waals surface area contributed by atoms with Crippen LogP contribution in [0.4, 0.5) is 16.2 Å². The first-order valence-electron chi connectivity index (χ1n) is 4.63. The van der Waals surface area contributed by atoms with Crippen molar-refractivity contribution in [1.82, 2.24) is 5.01 Å². The molecule has 0 atom stereocenters. The van der Waals surface area contributed by atoms with Crippen molar-refractivity contribution in [3.8, 4) is 0 Å². The third-order valence-electron chi connectivity index (χ3n) is 2.34. The van der Waals surface area contributed by atoms with E-state index in [0.29, 0.717) is 5.69 Å². The highest BCUT2D eigenvalue weighted by atomic mass is 16.2. The second-order valence-corrected chi connectivity index (χ2v) is 3.55. The number of carbonyl (C=O) groups is 1. The highest BCUT2D eigenvalue weighted by Gasteiger charge is 2.21. The van der Waals surface area contributed by atoms with E-state index in [1.54, 1.807) is 19.0 Å².